The van der Waals surface area contributed by atoms with Gasteiger partial charge in [-0.2, -0.15) is 0 Å². The largest absolute Gasteiger partial charge is 0.488 e. The first kappa shape index (κ1) is 4.39. The van der Waals surface area contributed by atoms with Crippen LogP contribution in [0.5, 0.6) is 0 Å². The second-order valence-corrected chi connectivity index (χ2v) is 2.24. The monoisotopic (exact) mass is 173 g/mol. The van der Waals surface area contributed by atoms with E-state index in [1.165, 1.54) is 0 Å². The minimum atomic E-state index is -3.05. The third-order valence-corrected chi connectivity index (χ3v) is 1.42. The SMILES string of the molecule is [2H]C([2H])([2H])C([2H])([2H])c1cc(B(O)O)ccc1F. The molecule has 0 amide bonds. The molecule has 0 aliphatic heterocycles. The molecule has 0 aliphatic rings. The van der Waals surface area contributed by atoms with Crippen LogP contribution in [-0.4, -0.2) is 17.2 Å². The van der Waals surface area contributed by atoms with Crippen LogP contribution in [-0.2, 0) is 6.37 Å². The van der Waals surface area contributed by atoms with Gasteiger partial charge in [0.05, 0.1) is 0 Å². The molecular weight excluding hydrogens is 158 g/mol. The summed E-state index contributed by atoms with van der Waals surface area (Å²) < 4.78 is 49.2. The normalized spacial score (nSPS) is 18.4. The van der Waals surface area contributed by atoms with Crippen LogP contribution in [0, 0.1) is 5.82 Å². The average Bonchev–Trinajstić information content (AvgIpc) is 2.15. The molecule has 0 saturated carbocycles. The van der Waals surface area contributed by atoms with Gasteiger partial charge in [-0.1, -0.05) is 19.0 Å². The highest BCUT2D eigenvalue weighted by Crippen LogP contribution is 2.05. The Kier molecular flexibility index (Phi) is 1.35. The van der Waals surface area contributed by atoms with Crippen molar-refractivity contribution in [1.82, 2.24) is 0 Å². The third kappa shape index (κ3) is 1.84. The zero-order chi connectivity index (χ0) is 13.4. The van der Waals surface area contributed by atoms with E-state index in [9.17, 15) is 4.39 Å². The number of halogens is 1. The van der Waals surface area contributed by atoms with E-state index in [0.717, 1.165) is 18.2 Å². The second kappa shape index (κ2) is 3.69. The second-order valence-electron chi connectivity index (χ2n) is 2.24. The summed E-state index contributed by atoms with van der Waals surface area (Å²) in [5, 5.41) is 17.8. The molecule has 4 heteroatoms. The fourth-order valence-corrected chi connectivity index (χ4v) is 0.799. The molecule has 0 unspecified atom stereocenters. The minimum absolute atomic E-state index is 0.172. The zero-order valence-electron chi connectivity index (χ0n) is 11.1. The highest BCUT2D eigenvalue weighted by atomic mass is 19.1. The maximum Gasteiger partial charge on any atom is 0.488 e. The molecule has 2 N–H and O–H groups in total. The summed E-state index contributed by atoms with van der Waals surface area (Å²) in [5.74, 6) is -1.05. The minimum Gasteiger partial charge on any atom is -0.423 e. The van der Waals surface area contributed by atoms with Crippen molar-refractivity contribution in [1.29, 1.82) is 0 Å². The predicted molar refractivity (Wildman–Crippen MR) is 45.6 cm³/mol. The van der Waals surface area contributed by atoms with Crippen molar-refractivity contribution in [2.45, 2.75) is 13.2 Å². The van der Waals surface area contributed by atoms with Crippen molar-refractivity contribution in [3.05, 3.63) is 29.6 Å². The van der Waals surface area contributed by atoms with Crippen LogP contribution in [0.15, 0.2) is 18.2 Å². The Morgan fingerprint density at radius 1 is 1.67 bits per heavy atom. The highest BCUT2D eigenvalue weighted by Gasteiger charge is 2.12. The van der Waals surface area contributed by atoms with Gasteiger partial charge >= 0.3 is 7.12 Å². The maximum absolute atomic E-state index is 13.4. The van der Waals surface area contributed by atoms with Crippen LogP contribution in [0.25, 0.3) is 0 Å². The summed E-state index contributed by atoms with van der Waals surface area (Å²) in [6.07, 6.45) is -2.90. The van der Waals surface area contributed by atoms with Gasteiger partial charge in [0.25, 0.3) is 0 Å². The zero-order valence-corrected chi connectivity index (χ0v) is 6.08. The van der Waals surface area contributed by atoms with Crippen molar-refractivity contribution in [2.24, 2.45) is 0 Å². The van der Waals surface area contributed by atoms with E-state index in [-0.39, 0.29) is 5.46 Å². The van der Waals surface area contributed by atoms with E-state index < -0.39 is 31.7 Å². The first-order valence-electron chi connectivity index (χ1n) is 5.73. The van der Waals surface area contributed by atoms with Crippen LogP contribution in [0.4, 0.5) is 4.39 Å². The Bertz CT molecular complexity index is 421. The fourth-order valence-electron chi connectivity index (χ4n) is 0.799. The molecule has 0 fully saturated rings. The fraction of sp³-hybridized carbons (Fsp3) is 0.250. The third-order valence-electron chi connectivity index (χ3n) is 1.42. The first-order chi connectivity index (χ1) is 7.57. The van der Waals surface area contributed by atoms with Crippen molar-refractivity contribution in [2.75, 3.05) is 0 Å². The van der Waals surface area contributed by atoms with Crippen LogP contribution < -0.4 is 5.46 Å². The molecule has 1 aromatic rings. The number of rotatable bonds is 2. The summed E-state index contributed by atoms with van der Waals surface area (Å²) in [6, 6.07) is 2.64. The van der Waals surface area contributed by atoms with E-state index in [1.807, 2.05) is 0 Å². The molecule has 0 heterocycles. The van der Waals surface area contributed by atoms with Gasteiger partial charge in [0.15, 0.2) is 0 Å². The topological polar surface area (TPSA) is 40.5 Å². The standard InChI is InChI=1S/C8H10BFO2/c1-2-6-5-7(9(11)12)3-4-8(6)10/h3-5,11-12H,2H2,1H3/i1D3,2D2. The lowest BCUT2D eigenvalue weighted by Gasteiger charge is -2.03. The molecule has 0 saturated heterocycles. The lowest BCUT2D eigenvalue weighted by molar-refractivity contribution is 0.425. The molecule has 0 atom stereocenters. The van der Waals surface area contributed by atoms with Crippen LogP contribution in [0.1, 0.15) is 19.3 Å². The van der Waals surface area contributed by atoms with Crippen LogP contribution in [0.3, 0.4) is 0 Å². The van der Waals surface area contributed by atoms with Gasteiger partial charge in [-0.15, -0.1) is 0 Å². The average molecular weight is 173 g/mol. The molecule has 12 heavy (non-hydrogen) atoms. The van der Waals surface area contributed by atoms with Crippen molar-refractivity contribution < 1.29 is 21.3 Å². The Hall–Kier alpha value is -0.865. The van der Waals surface area contributed by atoms with Gasteiger partial charge < -0.3 is 10.0 Å². The summed E-state index contributed by atoms with van der Waals surface area (Å²) in [5.41, 5.74) is -0.891. The van der Waals surface area contributed by atoms with E-state index in [4.69, 9.17) is 16.9 Å². The van der Waals surface area contributed by atoms with Gasteiger partial charge in [-0.05, 0) is 23.5 Å². The molecule has 1 rings (SSSR count). The summed E-state index contributed by atoms with van der Waals surface area (Å²) in [6.45, 7) is -3.05. The van der Waals surface area contributed by atoms with E-state index in [2.05, 4.69) is 0 Å². The Morgan fingerprint density at radius 3 is 3.00 bits per heavy atom. The Morgan fingerprint density at radius 2 is 2.42 bits per heavy atom. The molecule has 0 aliphatic carbocycles. The quantitative estimate of drug-likeness (QED) is 0.621. The molecule has 0 spiro atoms. The van der Waals surface area contributed by atoms with Crippen LogP contribution >= 0.6 is 0 Å². The molecule has 2 nitrogen and oxygen atoms in total. The molecule has 1 aromatic carbocycles. The predicted octanol–water partition coefficient (Wildman–Crippen LogP) is 0.0679. The van der Waals surface area contributed by atoms with Crippen molar-refractivity contribution >= 4 is 12.6 Å². The van der Waals surface area contributed by atoms with Gasteiger partial charge in [-0.3, -0.25) is 0 Å². The highest BCUT2D eigenvalue weighted by molar-refractivity contribution is 6.58. The van der Waals surface area contributed by atoms with Crippen LogP contribution in [0.2, 0.25) is 0 Å². The molecule has 0 radical (unpaired) electrons. The molecule has 64 valence electrons. The lowest BCUT2D eigenvalue weighted by atomic mass is 9.79. The summed E-state index contributed by atoms with van der Waals surface area (Å²) >= 11 is 0. The molecule has 0 aromatic heterocycles. The molecular formula is C8H10BFO2. The van der Waals surface area contributed by atoms with Gasteiger partial charge in [-0.25, -0.2) is 4.39 Å². The summed E-state index contributed by atoms with van der Waals surface area (Å²) in [4.78, 5) is 0. The number of benzene rings is 1. The summed E-state index contributed by atoms with van der Waals surface area (Å²) in [7, 11) is -1.92. The van der Waals surface area contributed by atoms with E-state index in [0.29, 0.717) is 0 Å². The number of hydrogen-bond donors (Lipinski definition) is 2. The first-order valence-corrected chi connectivity index (χ1v) is 3.23. The Balaban J connectivity index is 3.35. The van der Waals surface area contributed by atoms with Gasteiger partial charge in [0.2, 0.25) is 0 Å². The van der Waals surface area contributed by atoms with Crippen molar-refractivity contribution in [3.63, 3.8) is 0 Å². The molecule has 0 bridgehead atoms. The van der Waals surface area contributed by atoms with E-state index >= 15 is 0 Å². The number of hydrogen-bond acceptors (Lipinski definition) is 2. The van der Waals surface area contributed by atoms with Crippen molar-refractivity contribution in [3.8, 4) is 0 Å². The number of aryl methyl sites for hydroxylation is 1. The lowest BCUT2D eigenvalue weighted by Crippen LogP contribution is -2.30. The van der Waals surface area contributed by atoms with Gasteiger partial charge in [0.1, 0.15) is 5.82 Å². The maximum atomic E-state index is 13.4. The van der Waals surface area contributed by atoms with E-state index in [1.54, 1.807) is 0 Å². The smallest absolute Gasteiger partial charge is 0.423 e. The van der Waals surface area contributed by atoms with Gasteiger partial charge in [0, 0.05) is 6.85 Å². The Labute approximate surface area is 77.8 Å².